The molecule has 0 saturated heterocycles. The third-order valence-corrected chi connectivity index (χ3v) is 4.55. The van der Waals surface area contributed by atoms with Gasteiger partial charge in [0.25, 0.3) is 5.91 Å². The number of carbonyl (C=O) groups is 1. The Morgan fingerprint density at radius 2 is 2.15 bits per heavy atom. The van der Waals surface area contributed by atoms with E-state index in [1.165, 1.54) is 11.0 Å². The summed E-state index contributed by atoms with van der Waals surface area (Å²) in [6.07, 6.45) is 2.36. The minimum atomic E-state index is -0.112. The number of fused-ring (bicyclic) bond motifs is 1. The number of aromatic nitrogens is 4. The molecule has 0 unspecified atom stereocenters. The Labute approximate surface area is 156 Å². The van der Waals surface area contributed by atoms with Gasteiger partial charge in [0.2, 0.25) is 0 Å². The number of ether oxygens (including phenoxy) is 2. The van der Waals surface area contributed by atoms with Gasteiger partial charge < -0.3 is 14.8 Å². The van der Waals surface area contributed by atoms with Crippen molar-refractivity contribution in [1.29, 1.82) is 0 Å². The maximum Gasteiger partial charge on any atom is 0.251 e. The Kier molecular flexibility index (Phi) is 4.69. The second kappa shape index (κ2) is 7.45. The molecule has 2 heterocycles. The summed E-state index contributed by atoms with van der Waals surface area (Å²) in [6, 6.07) is 13.0. The van der Waals surface area contributed by atoms with E-state index in [1.54, 1.807) is 31.4 Å². The number of benzene rings is 2. The number of amides is 1. The Morgan fingerprint density at radius 3 is 2.89 bits per heavy atom. The van der Waals surface area contributed by atoms with Gasteiger partial charge in [-0.3, -0.25) is 4.79 Å². The summed E-state index contributed by atoms with van der Waals surface area (Å²) in [5.41, 5.74) is 2.52. The summed E-state index contributed by atoms with van der Waals surface area (Å²) in [4.78, 5) is 12.4. The molecule has 8 heteroatoms. The SMILES string of the molecule is COc1ccc2c(c1)OC[C@@H](CNC(=O)c1ccc(-n3cnnn3)cc1)C2. The molecule has 4 rings (SSSR count). The molecular weight excluding hydrogens is 346 g/mol. The molecule has 3 aromatic rings. The molecule has 0 saturated carbocycles. The predicted octanol–water partition coefficient (Wildman–Crippen LogP) is 1.65. The zero-order valence-corrected chi connectivity index (χ0v) is 14.8. The number of hydrogen-bond donors (Lipinski definition) is 1. The van der Waals surface area contributed by atoms with Crippen LogP contribution in [0, 0.1) is 5.92 Å². The first kappa shape index (κ1) is 17.0. The lowest BCUT2D eigenvalue weighted by atomic mass is 9.96. The summed E-state index contributed by atoms with van der Waals surface area (Å²) in [6.45, 7) is 1.12. The molecule has 1 aliphatic rings. The normalized spacial score (nSPS) is 15.5. The van der Waals surface area contributed by atoms with E-state index in [-0.39, 0.29) is 11.8 Å². The van der Waals surface area contributed by atoms with Crippen molar-refractivity contribution < 1.29 is 14.3 Å². The van der Waals surface area contributed by atoms with Gasteiger partial charge in [-0.1, -0.05) is 6.07 Å². The highest BCUT2D eigenvalue weighted by Crippen LogP contribution is 2.30. The van der Waals surface area contributed by atoms with Crippen LogP contribution in [0.25, 0.3) is 5.69 Å². The van der Waals surface area contributed by atoms with E-state index < -0.39 is 0 Å². The molecule has 0 spiro atoms. The highest BCUT2D eigenvalue weighted by atomic mass is 16.5. The van der Waals surface area contributed by atoms with Gasteiger partial charge in [0.1, 0.15) is 17.8 Å². The van der Waals surface area contributed by atoms with Gasteiger partial charge in [-0.15, -0.1) is 5.10 Å². The minimum Gasteiger partial charge on any atom is -0.497 e. The first-order valence-corrected chi connectivity index (χ1v) is 8.64. The zero-order valence-electron chi connectivity index (χ0n) is 14.8. The molecule has 0 bridgehead atoms. The molecule has 1 amide bonds. The standard InChI is InChI=1S/C19H19N5O3/c1-26-17-7-4-15-8-13(11-27-18(15)9-17)10-20-19(25)14-2-5-16(6-3-14)24-12-21-22-23-24/h2-7,9,12-13H,8,10-11H2,1H3,(H,20,25)/t13-/m1/s1. The van der Waals surface area contributed by atoms with Crippen molar-refractivity contribution in [2.24, 2.45) is 5.92 Å². The minimum absolute atomic E-state index is 0.112. The first-order valence-electron chi connectivity index (χ1n) is 8.64. The smallest absolute Gasteiger partial charge is 0.251 e. The fourth-order valence-corrected chi connectivity index (χ4v) is 3.06. The Morgan fingerprint density at radius 1 is 1.30 bits per heavy atom. The lowest BCUT2D eigenvalue weighted by molar-refractivity contribution is 0.0939. The lowest BCUT2D eigenvalue weighted by Crippen LogP contribution is -2.34. The summed E-state index contributed by atoms with van der Waals surface area (Å²) in [5.74, 6) is 1.76. The maximum atomic E-state index is 12.4. The molecule has 0 fully saturated rings. The van der Waals surface area contributed by atoms with Gasteiger partial charge in [0, 0.05) is 24.1 Å². The van der Waals surface area contributed by atoms with Gasteiger partial charge >= 0.3 is 0 Å². The molecule has 1 aliphatic heterocycles. The van der Waals surface area contributed by atoms with E-state index in [2.05, 4.69) is 20.8 Å². The summed E-state index contributed by atoms with van der Waals surface area (Å²) >= 11 is 0. The molecule has 0 aliphatic carbocycles. The number of nitrogens with zero attached hydrogens (tertiary/aromatic N) is 4. The molecule has 27 heavy (non-hydrogen) atoms. The van der Waals surface area contributed by atoms with Crippen molar-refractivity contribution in [3.63, 3.8) is 0 Å². The molecule has 1 atom stereocenters. The van der Waals surface area contributed by atoms with Crippen molar-refractivity contribution >= 4 is 5.91 Å². The first-order chi connectivity index (χ1) is 13.2. The molecule has 138 valence electrons. The summed E-state index contributed by atoms with van der Waals surface area (Å²) < 4.78 is 12.6. The molecule has 1 aromatic heterocycles. The van der Waals surface area contributed by atoms with Crippen LogP contribution < -0.4 is 14.8 Å². The molecule has 0 radical (unpaired) electrons. The number of tetrazole rings is 1. The van der Waals surface area contributed by atoms with E-state index in [9.17, 15) is 4.79 Å². The van der Waals surface area contributed by atoms with E-state index in [4.69, 9.17) is 9.47 Å². The predicted molar refractivity (Wildman–Crippen MR) is 97.2 cm³/mol. The van der Waals surface area contributed by atoms with E-state index in [1.807, 2.05) is 18.2 Å². The van der Waals surface area contributed by atoms with Gasteiger partial charge in [0.05, 0.1) is 19.4 Å². The van der Waals surface area contributed by atoms with E-state index in [0.29, 0.717) is 18.7 Å². The van der Waals surface area contributed by atoms with Crippen LogP contribution in [0.4, 0.5) is 0 Å². The van der Waals surface area contributed by atoms with Gasteiger partial charge in [-0.25, -0.2) is 4.68 Å². The van der Waals surface area contributed by atoms with Crippen molar-refractivity contribution in [2.45, 2.75) is 6.42 Å². The highest BCUT2D eigenvalue weighted by Gasteiger charge is 2.21. The molecule has 1 N–H and O–H groups in total. The topological polar surface area (TPSA) is 91.2 Å². The van der Waals surface area contributed by atoms with Crippen molar-refractivity contribution in [1.82, 2.24) is 25.5 Å². The van der Waals surface area contributed by atoms with Crippen LogP contribution in [0.15, 0.2) is 48.8 Å². The Hall–Kier alpha value is -3.42. The van der Waals surface area contributed by atoms with E-state index in [0.717, 1.165) is 29.2 Å². The molecule has 8 nitrogen and oxygen atoms in total. The second-order valence-corrected chi connectivity index (χ2v) is 6.37. The van der Waals surface area contributed by atoms with Crippen LogP contribution in [0.1, 0.15) is 15.9 Å². The van der Waals surface area contributed by atoms with Crippen molar-refractivity contribution in [3.8, 4) is 17.2 Å². The Balaban J connectivity index is 1.34. The number of methoxy groups -OCH3 is 1. The van der Waals surface area contributed by atoms with Crippen LogP contribution >= 0.6 is 0 Å². The Bertz CT molecular complexity index is 925. The van der Waals surface area contributed by atoms with Crippen molar-refractivity contribution in [3.05, 3.63) is 59.9 Å². The van der Waals surface area contributed by atoms with Crippen LogP contribution in [0.2, 0.25) is 0 Å². The monoisotopic (exact) mass is 365 g/mol. The van der Waals surface area contributed by atoms with Crippen LogP contribution in [0.5, 0.6) is 11.5 Å². The third-order valence-electron chi connectivity index (χ3n) is 4.55. The number of nitrogens with one attached hydrogen (secondary N) is 1. The zero-order chi connectivity index (χ0) is 18.6. The van der Waals surface area contributed by atoms with Gasteiger partial charge in [-0.2, -0.15) is 0 Å². The van der Waals surface area contributed by atoms with Crippen LogP contribution in [0.3, 0.4) is 0 Å². The fourth-order valence-electron chi connectivity index (χ4n) is 3.06. The highest BCUT2D eigenvalue weighted by molar-refractivity contribution is 5.94. The van der Waals surface area contributed by atoms with Crippen LogP contribution in [-0.2, 0) is 6.42 Å². The van der Waals surface area contributed by atoms with Crippen LogP contribution in [-0.4, -0.2) is 46.4 Å². The second-order valence-electron chi connectivity index (χ2n) is 6.37. The number of hydrogen-bond acceptors (Lipinski definition) is 6. The summed E-state index contributed by atoms with van der Waals surface area (Å²) in [7, 11) is 1.64. The molecule has 2 aromatic carbocycles. The molecular formula is C19H19N5O3. The third kappa shape index (κ3) is 3.74. The summed E-state index contributed by atoms with van der Waals surface area (Å²) in [5, 5.41) is 14.0. The largest absolute Gasteiger partial charge is 0.497 e. The van der Waals surface area contributed by atoms with Gasteiger partial charge in [-0.05, 0) is 52.7 Å². The maximum absolute atomic E-state index is 12.4. The number of carbonyl (C=O) groups excluding carboxylic acids is 1. The van der Waals surface area contributed by atoms with E-state index >= 15 is 0 Å². The lowest BCUT2D eigenvalue weighted by Gasteiger charge is -2.25. The average Bonchev–Trinajstić information content (AvgIpc) is 3.26. The number of rotatable bonds is 5. The van der Waals surface area contributed by atoms with Gasteiger partial charge in [0.15, 0.2) is 0 Å². The van der Waals surface area contributed by atoms with Crippen molar-refractivity contribution in [2.75, 3.05) is 20.3 Å². The quantitative estimate of drug-likeness (QED) is 0.739. The average molecular weight is 365 g/mol. The fraction of sp³-hybridized carbons (Fsp3) is 0.263.